The summed E-state index contributed by atoms with van der Waals surface area (Å²) in [7, 11) is 0. The first-order valence-corrected chi connectivity index (χ1v) is 11.5. The third-order valence-electron chi connectivity index (χ3n) is 6.14. The minimum absolute atomic E-state index is 0.276. The minimum atomic E-state index is 0.276. The van der Waals surface area contributed by atoms with Crippen LogP contribution >= 0.6 is 15.9 Å². The number of para-hydroxylation sites is 2. The van der Waals surface area contributed by atoms with Crippen molar-refractivity contribution in [1.82, 2.24) is 4.98 Å². The first kappa shape index (κ1) is 19.3. The van der Waals surface area contributed by atoms with Crippen LogP contribution in [0.3, 0.4) is 0 Å². The van der Waals surface area contributed by atoms with Gasteiger partial charge in [0.1, 0.15) is 11.2 Å². The molecular weight excluding hydrogens is 458 g/mol. The van der Waals surface area contributed by atoms with E-state index < -0.39 is 0 Å². The van der Waals surface area contributed by atoms with Gasteiger partial charge in [-0.2, -0.15) is 0 Å². The molecule has 2 heterocycles. The van der Waals surface area contributed by atoms with Gasteiger partial charge in [-0.15, -0.1) is 0 Å². The summed E-state index contributed by atoms with van der Waals surface area (Å²) < 4.78 is 7.78. The van der Waals surface area contributed by atoms with Crippen molar-refractivity contribution in [3.8, 4) is 11.1 Å². The number of hydrogen-bond acceptors (Lipinski definition) is 2. The molecule has 1 unspecified atom stereocenters. The molecular formula is C29H20BrNO. The van der Waals surface area contributed by atoms with E-state index >= 15 is 0 Å². The number of furan rings is 1. The first-order valence-electron chi connectivity index (χ1n) is 10.8. The molecule has 0 saturated heterocycles. The second-order valence-corrected chi connectivity index (χ2v) is 9.16. The summed E-state index contributed by atoms with van der Waals surface area (Å²) in [5.41, 5.74) is 7.65. The van der Waals surface area contributed by atoms with Gasteiger partial charge in [-0.25, -0.2) is 0 Å². The maximum absolute atomic E-state index is 6.60. The van der Waals surface area contributed by atoms with Gasteiger partial charge in [0, 0.05) is 40.2 Å². The lowest BCUT2D eigenvalue weighted by molar-refractivity contribution is 0.668. The normalized spacial score (nSPS) is 16.2. The molecule has 1 aliphatic rings. The predicted molar refractivity (Wildman–Crippen MR) is 136 cm³/mol. The van der Waals surface area contributed by atoms with Crippen molar-refractivity contribution >= 4 is 43.4 Å². The number of aromatic nitrogens is 1. The summed E-state index contributed by atoms with van der Waals surface area (Å²) in [6, 6.07) is 27.4. The topological polar surface area (TPSA) is 26.0 Å². The summed E-state index contributed by atoms with van der Waals surface area (Å²) >= 11 is 3.77. The Balaban J connectivity index is 1.55. The summed E-state index contributed by atoms with van der Waals surface area (Å²) in [4.78, 5) is 4.32. The van der Waals surface area contributed by atoms with Crippen LogP contribution in [0.25, 0.3) is 38.6 Å². The van der Waals surface area contributed by atoms with E-state index in [4.69, 9.17) is 4.42 Å². The van der Waals surface area contributed by atoms with Crippen LogP contribution in [0, 0.1) is 0 Å². The van der Waals surface area contributed by atoms with Crippen LogP contribution in [0.4, 0.5) is 0 Å². The highest BCUT2D eigenvalue weighted by atomic mass is 79.9. The van der Waals surface area contributed by atoms with E-state index in [9.17, 15) is 0 Å². The fourth-order valence-electron chi connectivity index (χ4n) is 4.63. The van der Waals surface area contributed by atoms with Gasteiger partial charge in [-0.3, -0.25) is 4.98 Å². The second kappa shape index (κ2) is 7.92. The van der Waals surface area contributed by atoms with Crippen LogP contribution in [0.1, 0.15) is 23.5 Å². The molecule has 0 N–H and O–H groups in total. The predicted octanol–water partition coefficient (Wildman–Crippen LogP) is 8.50. The molecule has 0 radical (unpaired) electrons. The van der Waals surface area contributed by atoms with E-state index in [0.717, 1.165) is 45.0 Å². The van der Waals surface area contributed by atoms with E-state index in [2.05, 4.69) is 99.8 Å². The molecule has 154 valence electrons. The monoisotopic (exact) mass is 477 g/mol. The zero-order valence-electron chi connectivity index (χ0n) is 17.3. The summed E-state index contributed by atoms with van der Waals surface area (Å²) in [6.07, 6.45) is 9.26. The van der Waals surface area contributed by atoms with Crippen LogP contribution in [0.5, 0.6) is 0 Å². The molecule has 0 spiro atoms. The largest absolute Gasteiger partial charge is 0.455 e. The van der Waals surface area contributed by atoms with Gasteiger partial charge in [0.2, 0.25) is 0 Å². The Bertz CT molecular complexity index is 1500. The Morgan fingerprint density at radius 2 is 1.53 bits per heavy atom. The van der Waals surface area contributed by atoms with Crippen LogP contribution < -0.4 is 0 Å². The fraction of sp³-hybridized carbons (Fsp3) is 0.0690. The maximum Gasteiger partial charge on any atom is 0.143 e. The lowest BCUT2D eigenvalue weighted by Crippen LogP contribution is -2.02. The van der Waals surface area contributed by atoms with Gasteiger partial charge < -0.3 is 4.42 Å². The Hall–Kier alpha value is -3.43. The van der Waals surface area contributed by atoms with Crippen molar-refractivity contribution in [2.24, 2.45) is 0 Å². The van der Waals surface area contributed by atoms with E-state index in [0.29, 0.717) is 0 Å². The van der Waals surface area contributed by atoms with Crippen LogP contribution in [0.15, 0.2) is 112 Å². The van der Waals surface area contributed by atoms with Gasteiger partial charge in [0.05, 0.1) is 0 Å². The molecule has 0 aliphatic heterocycles. The van der Waals surface area contributed by atoms with Gasteiger partial charge in [-0.05, 0) is 39.7 Å². The van der Waals surface area contributed by atoms with Crippen LogP contribution in [-0.2, 0) is 0 Å². The minimum Gasteiger partial charge on any atom is -0.455 e. The zero-order chi connectivity index (χ0) is 21.5. The molecule has 6 rings (SSSR count). The van der Waals surface area contributed by atoms with Crippen molar-refractivity contribution in [2.45, 2.75) is 12.3 Å². The average molecular weight is 478 g/mol. The molecule has 1 aliphatic carbocycles. The molecule has 32 heavy (non-hydrogen) atoms. The summed E-state index contributed by atoms with van der Waals surface area (Å²) in [5.74, 6) is 0.276. The molecule has 2 aromatic heterocycles. The smallest absolute Gasteiger partial charge is 0.143 e. The lowest BCUT2D eigenvalue weighted by Gasteiger charge is -2.19. The Labute approximate surface area is 195 Å². The molecule has 1 atom stereocenters. The standard InChI is InChI=1S/C29H20BrNO/c30-23-16-21(20-9-6-14-31-18-20)15-22(17-23)25-11-5-13-27-26-12-4-10-24(28(26)32-29(25)27)19-7-2-1-3-8-19/h1-15,17-18,21H,16H2. The number of hydrogen-bond donors (Lipinski definition) is 0. The Morgan fingerprint density at radius 3 is 2.28 bits per heavy atom. The molecule has 3 aromatic carbocycles. The molecule has 5 aromatic rings. The van der Waals surface area contributed by atoms with Crippen molar-refractivity contribution < 1.29 is 4.42 Å². The summed E-state index contributed by atoms with van der Waals surface area (Å²) in [6.45, 7) is 0. The van der Waals surface area contributed by atoms with E-state index in [1.54, 1.807) is 0 Å². The second-order valence-electron chi connectivity index (χ2n) is 8.14. The molecule has 3 heteroatoms. The summed E-state index contributed by atoms with van der Waals surface area (Å²) in [5, 5.41) is 2.29. The van der Waals surface area contributed by atoms with E-state index in [1.807, 2.05) is 24.5 Å². The Morgan fingerprint density at radius 1 is 0.781 bits per heavy atom. The molecule has 0 saturated carbocycles. The molecule has 0 amide bonds. The number of halogens is 1. The molecule has 0 bridgehead atoms. The van der Waals surface area contributed by atoms with Crippen LogP contribution in [-0.4, -0.2) is 4.98 Å². The maximum atomic E-state index is 6.60. The van der Waals surface area contributed by atoms with Crippen LogP contribution in [0.2, 0.25) is 0 Å². The number of pyridine rings is 1. The van der Waals surface area contributed by atoms with E-state index in [1.165, 1.54) is 15.6 Å². The zero-order valence-corrected chi connectivity index (χ0v) is 18.9. The van der Waals surface area contributed by atoms with Crippen molar-refractivity contribution in [2.75, 3.05) is 0 Å². The number of fused-ring (bicyclic) bond motifs is 3. The van der Waals surface area contributed by atoms with E-state index in [-0.39, 0.29) is 5.92 Å². The Kier molecular flexibility index (Phi) is 4.77. The molecule has 2 nitrogen and oxygen atoms in total. The highest BCUT2D eigenvalue weighted by Gasteiger charge is 2.20. The third-order valence-corrected chi connectivity index (χ3v) is 6.69. The van der Waals surface area contributed by atoms with Gasteiger partial charge >= 0.3 is 0 Å². The molecule has 0 fully saturated rings. The number of rotatable bonds is 3. The lowest BCUT2D eigenvalue weighted by atomic mass is 9.88. The van der Waals surface area contributed by atoms with Gasteiger partial charge in [0.25, 0.3) is 0 Å². The quantitative estimate of drug-likeness (QED) is 0.260. The average Bonchev–Trinajstić information content (AvgIpc) is 3.24. The third kappa shape index (κ3) is 3.30. The fourth-order valence-corrected chi connectivity index (χ4v) is 5.23. The first-order chi connectivity index (χ1) is 15.8. The highest BCUT2D eigenvalue weighted by molar-refractivity contribution is 9.11. The van der Waals surface area contributed by atoms with Gasteiger partial charge in [-0.1, -0.05) is 94.8 Å². The number of nitrogens with zero attached hydrogens (tertiary/aromatic N) is 1. The number of benzene rings is 3. The van der Waals surface area contributed by atoms with Crippen molar-refractivity contribution in [1.29, 1.82) is 0 Å². The van der Waals surface area contributed by atoms with Gasteiger partial charge in [0.15, 0.2) is 0 Å². The highest BCUT2D eigenvalue weighted by Crippen LogP contribution is 2.42. The van der Waals surface area contributed by atoms with Crippen molar-refractivity contribution in [3.63, 3.8) is 0 Å². The SMILES string of the molecule is BrC1=CC(c2cccc3c2oc2c(-c4ccccc4)cccc23)=CC(c2cccnc2)C1. The van der Waals surface area contributed by atoms with Crippen molar-refractivity contribution in [3.05, 3.63) is 119 Å². The number of allylic oxidation sites excluding steroid dienone is 4.